The Morgan fingerprint density at radius 3 is 0.935 bits per heavy atom. The largest absolute Gasteiger partial charge is 0.309 e. The first kappa shape index (κ1) is 58.0. The van der Waals surface area contributed by atoms with Crippen molar-refractivity contribution in [1.29, 1.82) is 0 Å². The first-order valence-corrected chi connectivity index (χ1v) is 37.3. The van der Waals surface area contributed by atoms with Gasteiger partial charge < -0.3 is 18.3 Å². The van der Waals surface area contributed by atoms with Crippen LogP contribution in [0.1, 0.15) is 22.3 Å². The predicted molar refractivity (Wildman–Crippen MR) is 449 cm³/mol. The third-order valence-electron chi connectivity index (χ3n) is 24.3. The van der Waals surface area contributed by atoms with Gasteiger partial charge in [-0.1, -0.05) is 249 Å². The fourth-order valence-electron chi connectivity index (χ4n) is 20.3. The first-order valence-electron chi connectivity index (χ1n) is 37.3. The Labute approximate surface area is 617 Å². The highest BCUT2D eigenvalue weighted by molar-refractivity contribution is 6.41. The van der Waals surface area contributed by atoms with Crippen molar-refractivity contribution in [2.45, 2.75) is 5.41 Å². The third-order valence-corrected chi connectivity index (χ3v) is 24.3. The predicted octanol–water partition coefficient (Wildman–Crippen LogP) is 25.5. The molecule has 108 heavy (non-hydrogen) atoms. The molecule has 1 spiro atoms. The zero-order valence-corrected chi connectivity index (χ0v) is 58.2. The van der Waals surface area contributed by atoms with Crippen LogP contribution in [0, 0.1) is 0 Å². The monoisotopic (exact) mass is 1370 g/mol. The van der Waals surface area contributed by atoms with Gasteiger partial charge in [-0.25, -0.2) is 9.97 Å². The molecular formula is C101H59N7. The number of benzene rings is 16. The number of fused-ring (bicyclic) bond motifs is 19. The normalized spacial score (nSPS) is 13.1. The van der Waals surface area contributed by atoms with Gasteiger partial charge in [-0.3, -0.25) is 4.57 Å². The Bertz CT molecular complexity index is 7940. The van der Waals surface area contributed by atoms with Gasteiger partial charge in [-0.2, -0.15) is 0 Å². The van der Waals surface area contributed by atoms with Gasteiger partial charge in [0.1, 0.15) is 5.52 Å². The van der Waals surface area contributed by atoms with E-state index >= 15 is 0 Å². The van der Waals surface area contributed by atoms with Crippen molar-refractivity contribution in [3.05, 3.63) is 380 Å². The second-order valence-corrected chi connectivity index (χ2v) is 29.3. The summed E-state index contributed by atoms with van der Waals surface area (Å²) in [5.41, 5.74) is 27.5. The maximum atomic E-state index is 5.43. The molecule has 24 aromatic rings. The van der Waals surface area contributed by atoms with Crippen LogP contribution in [-0.2, 0) is 5.41 Å². The molecule has 0 aliphatic heterocycles. The van der Waals surface area contributed by atoms with Gasteiger partial charge in [0.25, 0.3) is 0 Å². The molecule has 0 fully saturated rings. The standard InChI is InChI=1S/C55H32N2.C46H27N5/c1-2-14-33(15-3-1)56-47-26-12-21-40-35-16-4-5-17-36(35)41-22-13-27-48-52(41)54-50(31-30-49(56)53(54)51(40)47)57(48)34-28-29-46-42(32-34)39-20-8-11-25-45(39)55(46)43-23-9-6-18-37(43)38-19-7-10-24-44(38)55;1-3-13-28(14-4-1)49-35-22-10-9-19-34(35)45-40(49)27-47-46(48-45)51-37-24-12-21-33-31-18-8-7-17-30(31)32-20-11-23-36-41(32)43-38(25-26-39(51)44(43)42(33)37)50(36)29-15-5-2-6-16-29/h1-32H;1-27H. The molecule has 0 unspecified atom stereocenters. The lowest BCUT2D eigenvalue weighted by atomic mass is 9.70. The van der Waals surface area contributed by atoms with Crippen LogP contribution in [-0.4, -0.2) is 32.8 Å². The van der Waals surface area contributed by atoms with E-state index in [1.54, 1.807) is 0 Å². The second-order valence-electron chi connectivity index (χ2n) is 29.3. The molecule has 0 N–H and O–H groups in total. The molecule has 26 rings (SSSR count). The Morgan fingerprint density at radius 1 is 0.194 bits per heavy atom. The molecule has 0 amide bonds. The van der Waals surface area contributed by atoms with E-state index in [-0.39, 0.29) is 5.41 Å². The van der Waals surface area contributed by atoms with Gasteiger partial charge in [0.2, 0.25) is 5.95 Å². The highest BCUT2D eigenvalue weighted by Gasteiger charge is 2.51. The Hall–Kier alpha value is -14.4. The first-order chi connectivity index (χ1) is 53.7. The molecule has 2 aliphatic rings. The number of rotatable bonds is 5. The SMILES string of the molecule is c1ccc(-n2c3cccc4c5ccccc5c5cccc6c5c5c(c43)c2ccc5n6-c2ccc3c(c2)-c2ccccc2C32c3ccccc3-c3ccccc32)cc1.c1ccc(-n2c3ccccc3c3nc(-n4c5cccc6c7ccccc7c7cccc8c7c7c(c65)c4ccc7n8-c4ccccc4)ncc32)cc1. The molecular weight excluding hydrogens is 1310 g/mol. The van der Waals surface area contributed by atoms with Crippen LogP contribution in [0.25, 0.3) is 203 Å². The molecule has 0 saturated heterocycles. The molecule has 6 aromatic heterocycles. The molecule has 0 saturated carbocycles. The minimum Gasteiger partial charge on any atom is -0.309 e. The fourth-order valence-corrected chi connectivity index (χ4v) is 20.3. The quantitative estimate of drug-likeness (QED) is 0.172. The third kappa shape index (κ3) is 7.36. The summed E-state index contributed by atoms with van der Waals surface area (Å²) in [5, 5.41) is 21.4. The van der Waals surface area contributed by atoms with Crippen molar-refractivity contribution in [2.75, 3.05) is 0 Å². The minimum absolute atomic E-state index is 0.365. The average Bonchev–Trinajstić information content (AvgIpc) is 1.52. The zero-order valence-electron chi connectivity index (χ0n) is 58.2. The number of hydrogen-bond donors (Lipinski definition) is 0. The van der Waals surface area contributed by atoms with Gasteiger partial charge in [0.15, 0.2) is 0 Å². The van der Waals surface area contributed by atoms with E-state index in [4.69, 9.17) is 9.97 Å². The number of hydrogen-bond acceptors (Lipinski definition) is 2. The lowest BCUT2D eigenvalue weighted by Gasteiger charge is -2.30. The summed E-state index contributed by atoms with van der Waals surface area (Å²) < 4.78 is 12.0. The van der Waals surface area contributed by atoms with Crippen LogP contribution in [0.2, 0.25) is 0 Å². The van der Waals surface area contributed by atoms with E-state index in [0.29, 0.717) is 5.95 Å². The van der Waals surface area contributed by atoms with Crippen LogP contribution in [0.3, 0.4) is 0 Å². The molecule has 498 valence electrons. The summed E-state index contributed by atoms with van der Waals surface area (Å²) in [4.78, 5) is 10.6. The zero-order chi connectivity index (χ0) is 70.2. The fraction of sp³-hybridized carbons (Fsp3) is 0.00990. The second kappa shape index (κ2) is 21.4. The highest BCUT2D eigenvalue weighted by atomic mass is 15.2. The summed E-state index contributed by atoms with van der Waals surface area (Å²) in [5.74, 6) is 0.662. The smallest absolute Gasteiger partial charge is 0.235 e. The average molecular weight is 1370 g/mol. The van der Waals surface area contributed by atoms with E-state index in [9.17, 15) is 0 Å². The topological polar surface area (TPSA) is 50.4 Å². The summed E-state index contributed by atoms with van der Waals surface area (Å²) in [6, 6.07) is 129. The van der Waals surface area contributed by atoms with E-state index in [2.05, 4.69) is 375 Å². The highest BCUT2D eigenvalue weighted by Crippen LogP contribution is 2.63. The van der Waals surface area contributed by atoms with Gasteiger partial charge in [-0.15, -0.1) is 0 Å². The van der Waals surface area contributed by atoms with E-state index in [1.165, 1.54) is 175 Å². The molecule has 0 radical (unpaired) electrons. The van der Waals surface area contributed by atoms with Crippen molar-refractivity contribution in [1.82, 2.24) is 32.8 Å². The van der Waals surface area contributed by atoms with Gasteiger partial charge >= 0.3 is 0 Å². The van der Waals surface area contributed by atoms with Gasteiger partial charge in [-0.05, 0) is 191 Å². The maximum Gasteiger partial charge on any atom is 0.235 e. The lowest BCUT2D eigenvalue weighted by Crippen LogP contribution is -2.25. The maximum absolute atomic E-state index is 5.43. The van der Waals surface area contributed by atoms with Crippen LogP contribution in [0.4, 0.5) is 0 Å². The number of para-hydroxylation sites is 4. The molecule has 7 nitrogen and oxygen atoms in total. The van der Waals surface area contributed by atoms with E-state index in [1.807, 2.05) is 6.20 Å². The van der Waals surface area contributed by atoms with Crippen molar-refractivity contribution in [3.63, 3.8) is 0 Å². The molecule has 0 atom stereocenters. The van der Waals surface area contributed by atoms with Crippen LogP contribution in [0.5, 0.6) is 0 Å². The van der Waals surface area contributed by atoms with Crippen LogP contribution >= 0.6 is 0 Å². The Balaban J connectivity index is 0.000000125. The molecule has 7 heteroatoms. The van der Waals surface area contributed by atoms with E-state index < -0.39 is 0 Å². The van der Waals surface area contributed by atoms with Gasteiger partial charge in [0.05, 0.1) is 66.8 Å². The Morgan fingerprint density at radius 2 is 0.500 bits per heavy atom. The summed E-state index contributed by atoms with van der Waals surface area (Å²) in [7, 11) is 0. The van der Waals surface area contributed by atoms with Crippen molar-refractivity contribution in [2.24, 2.45) is 0 Å². The van der Waals surface area contributed by atoms with Gasteiger partial charge in [0, 0.05) is 71.2 Å². The minimum atomic E-state index is -0.365. The Kier molecular flexibility index (Phi) is 11.5. The summed E-state index contributed by atoms with van der Waals surface area (Å²) in [6.07, 6.45) is 2.00. The van der Waals surface area contributed by atoms with Crippen molar-refractivity contribution >= 4 is 152 Å². The van der Waals surface area contributed by atoms with Crippen LogP contribution < -0.4 is 0 Å². The number of aromatic nitrogens is 7. The molecule has 2 aliphatic carbocycles. The lowest BCUT2D eigenvalue weighted by molar-refractivity contribution is 0.793. The van der Waals surface area contributed by atoms with Crippen LogP contribution in [0.15, 0.2) is 358 Å². The molecule has 0 bridgehead atoms. The van der Waals surface area contributed by atoms with E-state index in [0.717, 1.165) is 44.3 Å². The summed E-state index contributed by atoms with van der Waals surface area (Å²) >= 11 is 0. The molecule has 6 heterocycles. The number of nitrogens with zero attached hydrogens (tertiary/aromatic N) is 7. The van der Waals surface area contributed by atoms with Crippen molar-refractivity contribution < 1.29 is 0 Å². The summed E-state index contributed by atoms with van der Waals surface area (Å²) in [6.45, 7) is 0. The van der Waals surface area contributed by atoms with Crippen molar-refractivity contribution in [3.8, 4) is 51.0 Å². The molecule has 18 aromatic carbocycles.